The van der Waals surface area contributed by atoms with Crippen molar-refractivity contribution in [3.8, 4) is 0 Å². The maximum atomic E-state index is 11.5. The fourth-order valence-electron chi connectivity index (χ4n) is 0.143. The molecule has 0 aliphatic carbocycles. The predicted molar refractivity (Wildman–Crippen MR) is 30.4 cm³/mol. The molecule has 1 amide bonds. The molecular weight excluding hydrogens is 164 g/mol. The van der Waals surface area contributed by atoms with E-state index in [0.29, 0.717) is 0 Å². The Balaban J connectivity index is 3.66. The third kappa shape index (κ3) is 5.43. The standard InChI is InChI=1S/C3H5FNO4P/c1-2-3(6)5-9-10(4,7)8/h2H,1H2,(H,5,6)(H,7,8). The maximum absolute atomic E-state index is 11.5. The smallest absolute Gasteiger partial charge is 0.298 e. The van der Waals surface area contributed by atoms with E-state index < -0.39 is 13.8 Å². The molecule has 0 heterocycles. The van der Waals surface area contributed by atoms with Crippen molar-refractivity contribution in [3.05, 3.63) is 12.7 Å². The molecule has 58 valence electrons. The molecule has 0 aromatic heterocycles. The zero-order valence-electron chi connectivity index (χ0n) is 4.78. The number of hydroxylamine groups is 1. The summed E-state index contributed by atoms with van der Waals surface area (Å²) in [5, 5.41) is 0. The van der Waals surface area contributed by atoms with E-state index in [0.717, 1.165) is 6.08 Å². The molecule has 0 saturated heterocycles. The van der Waals surface area contributed by atoms with E-state index in [1.807, 2.05) is 0 Å². The highest BCUT2D eigenvalue weighted by Crippen LogP contribution is 2.41. The Morgan fingerprint density at radius 1 is 1.90 bits per heavy atom. The second kappa shape index (κ2) is 3.46. The molecule has 0 spiro atoms. The number of hydrogen-bond acceptors (Lipinski definition) is 3. The van der Waals surface area contributed by atoms with E-state index in [2.05, 4.69) is 11.2 Å². The summed E-state index contributed by atoms with van der Waals surface area (Å²) in [6.07, 6.45) is 0.760. The van der Waals surface area contributed by atoms with Crippen molar-refractivity contribution in [2.24, 2.45) is 0 Å². The fraction of sp³-hybridized carbons (Fsp3) is 0. The minimum absolute atomic E-state index is 0.760. The van der Waals surface area contributed by atoms with E-state index in [1.165, 1.54) is 5.48 Å². The Morgan fingerprint density at radius 2 is 2.40 bits per heavy atom. The van der Waals surface area contributed by atoms with Crippen LogP contribution < -0.4 is 5.48 Å². The molecule has 0 aromatic rings. The lowest BCUT2D eigenvalue weighted by atomic mass is 10.6. The number of amides is 1. The summed E-state index contributed by atoms with van der Waals surface area (Å²) < 4.78 is 24.5. The number of halogens is 1. The third-order valence-corrected chi connectivity index (χ3v) is 0.761. The van der Waals surface area contributed by atoms with Crippen LogP contribution in [0.4, 0.5) is 4.20 Å². The van der Waals surface area contributed by atoms with Gasteiger partial charge < -0.3 is 0 Å². The lowest BCUT2D eigenvalue weighted by molar-refractivity contribution is -0.123. The topological polar surface area (TPSA) is 75.6 Å². The number of carbonyl (C=O) groups is 1. The average molecular weight is 169 g/mol. The molecule has 1 atom stereocenters. The molecule has 10 heavy (non-hydrogen) atoms. The van der Waals surface area contributed by atoms with Crippen molar-refractivity contribution in [1.29, 1.82) is 0 Å². The van der Waals surface area contributed by atoms with Gasteiger partial charge in [-0.25, -0.2) is 10.0 Å². The minimum Gasteiger partial charge on any atom is -0.298 e. The second-order valence-electron chi connectivity index (χ2n) is 1.21. The van der Waals surface area contributed by atoms with Crippen LogP contribution in [-0.4, -0.2) is 10.8 Å². The molecule has 0 bridgehead atoms. The molecule has 0 saturated carbocycles. The quantitative estimate of drug-likeness (QED) is 0.361. The summed E-state index contributed by atoms with van der Waals surface area (Å²) in [6, 6.07) is 0. The van der Waals surface area contributed by atoms with Crippen LogP contribution in [0.5, 0.6) is 0 Å². The fourth-order valence-corrected chi connectivity index (χ4v) is 0.346. The van der Waals surface area contributed by atoms with Gasteiger partial charge in [-0.3, -0.25) is 9.69 Å². The summed E-state index contributed by atoms with van der Waals surface area (Å²) in [6.45, 7) is 2.98. The molecule has 1 unspecified atom stereocenters. The van der Waals surface area contributed by atoms with Gasteiger partial charge in [-0.15, -0.1) is 4.20 Å². The zero-order chi connectivity index (χ0) is 8.20. The molecule has 0 fully saturated rings. The molecule has 0 radical (unpaired) electrons. The van der Waals surface area contributed by atoms with Gasteiger partial charge in [0, 0.05) is 0 Å². The number of hydrogen-bond donors (Lipinski definition) is 2. The average Bonchev–Trinajstić information content (AvgIpc) is 1.81. The number of carbonyl (C=O) groups excluding carboxylic acids is 1. The lowest BCUT2D eigenvalue weighted by Gasteiger charge is -2.00. The van der Waals surface area contributed by atoms with Gasteiger partial charge in [0.15, 0.2) is 0 Å². The Morgan fingerprint density at radius 3 is 2.70 bits per heavy atom. The SMILES string of the molecule is C=CC(=O)NOP(=O)(O)F. The zero-order valence-corrected chi connectivity index (χ0v) is 5.68. The predicted octanol–water partition coefficient (Wildman–Crippen LogP) is 0.290. The highest BCUT2D eigenvalue weighted by atomic mass is 31.2. The molecule has 0 rings (SSSR count). The lowest BCUT2D eigenvalue weighted by Crippen LogP contribution is -2.18. The maximum Gasteiger partial charge on any atom is 0.532 e. The van der Waals surface area contributed by atoms with E-state index >= 15 is 0 Å². The van der Waals surface area contributed by atoms with Crippen molar-refractivity contribution < 1.29 is 23.1 Å². The first-order valence-electron chi connectivity index (χ1n) is 2.09. The van der Waals surface area contributed by atoms with Gasteiger partial charge in [-0.1, -0.05) is 6.58 Å². The van der Waals surface area contributed by atoms with Crippen LogP contribution in [0.3, 0.4) is 0 Å². The van der Waals surface area contributed by atoms with Crippen molar-refractivity contribution in [2.75, 3.05) is 0 Å². The Bertz CT molecular complexity index is 187. The first kappa shape index (κ1) is 9.29. The molecular formula is C3H5FNO4P. The van der Waals surface area contributed by atoms with Crippen LogP contribution in [0.15, 0.2) is 12.7 Å². The van der Waals surface area contributed by atoms with Crippen LogP contribution in [0, 0.1) is 0 Å². The number of rotatable bonds is 3. The summed E-state index contributed by atoms with van der Waals surface area (Å²) in [7, 11) is -5.11. The highest BCUT2D eigenvalue weighted by Gasteiger charge is 2.18. The number of nitrogens with one attached hydrogen (secondary N) is 1. The van der Waals surface area contributed by atoms with Crippen molar-refractivity contribution in [2.45, 2.75) is 0 Å². The van der Waals surface area contributed by atoms with Gasteiger partial charge in [-0.05, 0) is 6.08 Å². The van der Waals surface area contributed by atoms with E-state index in [-0.39, 0.29) is 0 Å². The van der Waals surface area contributed by atoms with Crippen LogP contribution >= 0.6 is 7.91 Å². The minimum atomic E-state index is -5.11. The summed E-state index contributed by atoms with van der Waals surface area (Å²) in [4.78, 5) is 17.9. The van der Waals surface area contributed by atoms with Gasteiger partial charge in [0.1, 0.15) is 0 Å². The van der Waals surface area contributed by atoms with Gasteiger partial charge in [0.25, 0.3) is 5.91 Å². The molecule has 7 heteroatoms. The molecule has 2 N–H and O–H groups in total. The van der Waals surface area contributed by atoms with Crippen molar-refractivity contribution in [3.63, 3.8) is 0 Å². The molecule has 0 aliphatic rings. The van der Waals surface area contributed by atoms with Crippen molar-refractivity contribution >= 4 is 13.8 Å². The van der Waals surface area contributed by atoms with Gasteiger partial charge in [0.2, 0.25) is 0 Å². The first-order chi connectivity index (χ1) is 4.45. The molecule has 0 aliphatic heterocycles. The Labute approximate surface area is 56.1 Å². The highest BCUT2D eigenvalue weighted by molar-refractivity contribution is 7.46. The van der Waals surface area contributed by atoms with Crippen LogP contribution in [0.25, 0.3) is 0 Å². The van der Waals surface area contributed by atoms with Crippen LogP contribution in [0.2, 0.25) is 0 Å². The largest absolute Gasteiger partial charge is 0.532 e. The normalized spacial score (nSPS) is 15.4. The van der Waals surface area contributed by atoms with Gasteiger partial charge >= 0.3 is 7.91 Å². The molecule has 0 aromatic carbocycles. The van der Waals surface area contributed by atoms with E-state index in [1.54, 1.807) is 0 Å². The van der Waals surface area contributed by atoms with Crippen molar-refractivity contribution in [1.82, 2.24) is 5.48 Å². The van der Waals surface area contributed by atoms with Gasteiger partial charge in [-0.2, -0.15) is 4.62 Å². The summed E-state index contributed by atoms with van der Waals surface area (Å²) in [5.41, 5.74) is 1.33. The molecule has 5 nitrogen and oxygen atoms in total. The first-order valence-corrected chi connectivity index (χ1v) is 3.56. The van der Waals surface area contributed by atoms with Gasteiger partial charge in [0.05, 0.1) is 0 Å². The summed E-state index contributed by atoms with van der Waals surface area (Å²) in [5.74, 6) is -0.896. The second-order valence-corrected chi connectivity index (χ2v) is 2.30. The van der Waals surface area contributed by atoms with Crippen LogP contribution in [0.1, 0.15) is 0 Å². The van der Waals surface area contributed by atoms with Crippen LogP contribution in [-0.2, 0) is 14.0 Å². The Kier molecular flexibility index (Phi) is 3.21. The third-order valence-electron chi connectivity index (χ3n) is 0.444. The van der Waals surface area contributed by atoms with E-state index in [9.17, 15) is 13.6 Å². The monoisotopic (exact) mass is 169 g/mol. The van der Waals surface area contributed by atoms with E-state index in [4.69, 9.17) is 4.89 Å². The Hall–Kier alpha value is -0.710. The summed E-state index contributed by atoms with van der Waals surface area (Å²) >= 11 is 0.